The lowest BCUT2D eigenvalue weighted by Gasteiger charge is -2.16. The molecular weight excluding hydrogens is 1150 g/mol. The second kappa shape index (κ2) is 20.7. The van der Waals surface area contributed by atoms with Gasteiger partial charge in [0.25, 0.3) is 0 Å². The van der Waals surface area contributed by atoms with Crippen molar-refractivity contribution in [3.63, 3.8) is 0 Å². The Balaban J connectivity index is 0.000000133. The predicted molar refractivity (Wildman–Crippen MR) is 388 cm³/mol. The van der Waals surface area contributed by atoms with Gasteiger partial charge in [0.1, 0.15) is 22.3 Å². The number of furan rings is 2. The molecule has 94 heavy (non-hydrogen) atoms. The maximum Gasteiger partial charge on any atom is 0.211 e. The predicted octanol–water partition coefficient (Wildman–Crippen LogP) is 24.0. The zero-order valence-corrected chi connectivity index (χ0v) is 50.4. The number of nitrogens with zero attached hydrogens (tertiary/aromatic N) is 6. The number of fused-ring (bicyclic) bond motifs is 20. The van der Waals surface area contributed by atoms with Crippen molar-refractivity contribution in [3.05, 3.63) is 326 Å². The third-order valence-corrected chi connectivity index (χ3v) is 19.1. The van der Waals surface area contributed by atoms with Crippen LogP contribution in [0.25, 0.3) is 186 Å². The van der Waals surface area contributed by atoms with Crippen molar-refractivity contribution >= 4 is 142 Å². The molecule has 0 fully saturated rings. The van der Waals surface area contributed by atoms with E-state index in [9.17, 15) is 0 Å². The van der Waals surface area contributed by atoms with E-state index in [-0.39, 0.29) is 0 Å². The summed E-state index contributed by atoms with van der Waals surface area (Å²) in [4.78, 5) is 8.17. The number of hydrogen-bond donors (Lipinski definition) is 0. The summed E-state index contributed by atoms with van der Waals surface area (Å²) >= 11 is 0. The molecule has 0 aliphatic heterocycles. The van der Waals surface area contributed by atoms with Crippen LogP contribution >= 0.6 is 0 Å². The molecule has 0 unspecified atom stereocenters. The van der Waals surface area contributed by atoms with Gasteiger partial charge in [-0.2, -0.15) is 0 Å². The molecule has 0 aliphatic carbocycles. The van der Waals surface area contributed by atoms with Crippen LogP contribution in [0.15, 0.2) is 312 Å². The molecule has 0 bridgehead atoms. The molecule has 8 nitrogen and oxygen atoms in total. The van der Waals surface area contributed by atoms with Crippen LogP contribution in [0.1, 0.15) is 0 Å². The first kappa shape index (κ1) is 52.8. The van der Waals surface area contributed by atoms with Gasteiger partial charge in [-0.15, -0.1) is 0 Å². The van der Waals surface area contributed by atoms with Gasteiger partial charge < -0.3 is 27.1 Å². The van der Waals surface area contributed by atoms with Crippen molar-refractivity contribution in [3.8, 4) is 45.0 Å². The van der Waals surface area contributed by atoms with E-state index in [0.29, 0.717) is 11.4 Å². The minimum Gasteiger partial charge on any atom is -0.456 e. The van der Waals surface area contributed by atoms with Crippen molar-refractivity contribution in [2.75, 3.05) is 0 Å². The van der Waals surface area contributed by atoms with Crippen LogP contribution in [0, 0.1) is 13.1 Å². The third kappa shape index (κ3) is 7.72. The van der Waals surface area contributed by atoms with Gasteiger partial charge in [-0.3, -0.25) is 0 Å². The molecule has 20 aromatic rings. The Hall–Kier alpha value is -13.1. The second-order valence-corrected chi connectivity index (χ2v) is 24.0. The molecule has 0 atom stereocenters. The lowest BCUT2D eigenvalue weighted by molar-refractivity contribution is 0.669. The Morgan fingerprint density at radius 3 is 1.09 bits per heavy atom. The minimum absolute atomic E-state index is 0.606. The van der Waals surface area contributed by atoms with Crippen LogP contribution in [0.2, 0.25) is 0 Å². The summed E-state index contributed by atoms with van der Waals surface area (Å²) in [5.41, 5.74) is 21.6. The zero-order chi connectivity index (χ0) is 62.1. The lowest BCUT2D eigenvalue weighted by Crippen LogP contribution is -1.98. The molecular formula is C86H50N6O2. The van der Waals surface area contributed by atoms with Gasteiger partial charge in [0.15, 0.2) is 0 Å². The van der Waals surface area contributed by atoms with Gasteiger partial charge in [0.2, 0.25) is 11.4 Å². The van der Waals surface area contributed by atoms with E-state index in [2.05, 4.69) is 295 Å². The van der Waals surface area contributed by atoms with Crippen LogP contribution in [0.5, 0.6) is 0 Å². The summed E-state index contributed by atoms with van der Waals surface area (Å²) in [6.45, 7) is 16.6. The molecule has 6 aromatic heterocycles. The first-order valence-corrected chi connectivity index (χ1v) is 31.5. The Labute approximate surface area is 537 Å². The second-order valence-electron chi connectivity index (χ2n) is 24.0. The van der Waals surface area contributed by atoms with Gasteiger partial charge in [-0.05, 0) is 120 Å². The molecule has 20 rings (SSSR count). The van der Waals surface area contributed by atoms with Gasteiger partial charge in [0.05, 0.1) is 85.4 Å². The highest BCUT2D eigenvalue weighted by molar-refractivity contribution is 6.28. The summed E-state index contributed by atoms with van der Waals surface area (Å²) in [5.74, 6) is 0. The molecule has 8 heteroatoms. The number of benzene rings is 14. The lowest BCUT2D eigenvalue weighted by atomic mass is 10.0. The van der Waals surface area contributed by atoms with E-state index in [1.54, 1.807) is 0 Å². The van der Waals surface area contributed by atoms with Crippen LogP contribution < -0.4 is 0 Å². The van der Waals surface area contributed by atoms with Crippen LogP contribution in [-0.4, -0.2) is 18.3 Å². The maximum absolute atomic E-state index is 8.30. The monoisotopic (exact) mass is 1200 g/mol. The molecule has 6 heterocycles. The summed E-state index contributed by atoms with van der Waals surface area (Å²) in [6.07, 6.45) is 0. The van der Waals surface area contributed by atoms with E-state index >= 15 is 0 Å². The Bertz CT molecular complexity index is 6550. The van der Waals surface area contributed by atoms with E-state index < -0.39 is 0 Å². The zero-order valence-electron chi connectivity index (χ0n) is 50.4. The van der Waals surface area contributed by atoms with Crippen LogP contribution in [0.3, 0.4) is 0 Å². The van der Waals surface area contributed by atoms with E-state index in [1.165, 1.54) is 32.3 Å². The fourth-order valence-electron chi connectivity index (χ4n) is 15.2. The average Bonchev–Trinajstić information content (AvgIpc) is 1.57. The van der Waals surface area contributed by atoms with E-state index in [1.807, 2.05) is 36.4 Å². The largest absolute Gasteiger partial charge is 0.456 e. The number of rotatable bonds is 6. The van der Waals surface area contributed by atoms with Crippen molar-refractivity contribution < 1.29 is 8.83 Å². The molecule has 0 saturated carbocycles. The Kier molecular flexibility index (Phi) is 11.6. The average molecular weight is 1200 g/mol. The molecule has 0 radical (unpaired) electrons. The summed E-state index contributed by atoms with van der Waals surface area (Å²) < 4.78 is 22.0. The summed E-state index contributed by atoms with van der Waals surface area (Å²) in [7, 11) is 0. The highest BCUT2D eigenvalue weighted by Gasteiger charge is 2.24. The van der Waals surface area contributed by atoms with Crippen LogP contribution in [-0.2, 0) is 0 Å². The highest BCUT2D eigenvalue weighted by Crippen LogP contribution is 2.47. The van der Waals surface area contributed by atoms with Crippen LogP contribution in [0.4, 0.5) is 11.4 Å². The fourth-order valence-corrected chi connectivity index (χ4v) is 15.2. The molecule has 0 N–H and O–H groups in total. The van der Waals surface area contributed by atoms with Crippen molar-refractivity contribution in [2.45, 2.75) is 0 Å². The third-order valence-electron chi connectivity index (χ3n) is 19.1. The summed E-state index contributed by atoms with van der Waals surface area (Å²) in [6, 6.07) is 106. The van der Waals surface area contributed by atoms with Crippen molar-refractivity contribution in [1.82, 2.24) is 18.3 Å². The van der Waals surface area contributed by atoms with E-state index in [4.69, 9.17) is 22.0 Å². The maximum atomic E-state index is 8.30. The number of para-hydroxylation sites is 10. The molecule has 0 amide bonds. The molecule has 0 aliphatic rings. The topological polar surface area (TPSA) is 54.7 Å². The summed E-state index contributed by atoms with van der Waals surface area (Å²) in [5, 5.41) is 13.8. The molecule has 0 saturated heterocycles. The fraction of sp³-hybridized carbons (Fsp3) is 0. The quantitative estimate of drug-likeness (QED) is 0.156. The smallest absolute Gasteiger partial charge is 0.211 e. The number of aromatic nitrogens is 4. The molecule has 436 valence electrons. The molecule has 0 spiro atoms. The van der Waals surface area contributed by atoms with Gasteiger partial charge in [0, 0.05) is 70.4 Å². The number of hydrogen-bond acceptors (Lipinski definition) is 2. The highest BCUT2D eigenvalue weighted by atomic mass is 16.3. The Morgan fingerprint density at radius 1 is 0.234 bits per heavy atom. The van der Waals surface area contributed by atoms with Gasteiger partial charge in [-0.1, -0.05) is 194 Å². The first-order valence-electron chi connectivity index (χ1n) is 31.5. The first-order chi connectivity index (χ1) is 46.6. The van der Waals surface area contributed by atoms with E-state index in [0.717, 1.165) is 144 Å². The normalized spacial score (nSPS) is 11.8. The van der Waals surface area contributed by atoms with Gasteiger partial charge >= 0.3 is 0 Å². The van der Waals surface area contributed by atoms with Crippen molar-refractivity contribution in [1.29, 1.82) is 0 Å². The van der Waals surface area contributed by atoms with Crippen molar-refractivity contribution in [2.24, 2.45) is 0 Å². The Morgan fingerprint density at radius 2 is 0.596 bits per heavy atom. The standard InChI is InChI=1S/2C43H25N3O/c1-44-34-26-27(22-24-39(34)45-36-18-8-3-13-29(36)30-14-4-9-19-37(30)45)28-12-2-7-17-35(28)46-38-20-10-5-16-33(38)42-40(46)25-23-32-31-15-6-11-21-41(31)47-43(32)42;1-44-33-26-27(22-23-38(33)45-35-18-8-3-13-29(35)30-14-4-9-19-36(30)45)28-12-2-7-17-34(28)46-37-20-10-5-15-31(37)42-39(46)24-25-41-43(42)32-16-6-11-21-40(32)47-41/h2*2-26H. The molecule has 14 aromatic carbocycles. The van der Waals surface area contributed by atoms with Gasteiger partial charge in [-0.25, -0.2) is 9.69 Å². The SMILES string of the molecule is [C-]#[N+]c1cc(-c2ccccc2-n2c3ccccc3c3c4c(ccc32)oc2ccccc24)ccc1-n1c2ccccc2c2ccccc21.[C-]#[N+]c1cc(-c2ccccc2-n2c3ccccc3c3c4oc5ccccc5c4ccc32)ccc1-n1c2ccccc2c2ccccc21. The minimum atomic E-state index is 0.606.